The number of anilines is 1. The van der Waals surface area contributed by atoms with Crippen molar-refractivity contribution in [1.82, 2.24) is 5.32 Å². The Kier molecular flexibility index (Phi) is 2.35. The van der Waals surface area contributed by atoms with E-state index in [9.17, 15) is 4.79 Å². The van der Waals surface area contributed by atoms with E-state index in [1.54, 1.807) is 0 Å². The first-order chi connectivity index (χ1) is 8.19. The number of rotatable bonds is 0. The number of benzene rings is 1. The summed E-state index contributed by atoms with van der Waals surface area (Å²) >= 11 is 0. The summed E-state index contributed by atoms with van der Waals surface area (Å²) in [5.74, 6) is 0.732. The third-order valence-corrected chi connectivity index (χ3v) is 3.90. The van der Waals surface area contributed by atoms with Gasteiger partial charge in [-0.1, -0.05) is 25.5 Å². The molecule has 1 fully saturated rings. The van der Waals surface area contributed by atoms with Crippen LogP contribution in [0.2, 0.25) is 0 Å². The summed E-state index contributed by atoms with van der Waals surface area (Å²) in [6.07, 6.45) is 4.49. The Bertz CT molecular complexity index is 457. The predicted octanol–water partition coefficient (Wildman–Crippen LogP) is 2.75. The van der Waals surface area contributed by atoms with Crippen molar-refractivity contribution in [2.24, 2.45) is 5.92 Å². The van der Waals surface area contributed by atoms with Crippen molar-refractivity contribution in [3.05, 3.63) is 29.8 Å². The molecular weight excluding hydrogens is 212 g/mol. The van der Waals surface area contributed by atoms with Gasteiger partial charge in [0.1, 0.15) is 5.66 Å². The summed E-state index contributed by atoms with van der Waals surface area (Å²) in [7, 11) is 0. The van der Waals surface area contributed by atoms with E-state index in [0.29, 0.717) is 5.92 Å². The maximum absolute atomic E-state index is 12.1. The van der Waals surface area contributed by atoms with Crippen LogP contribution in [0.3, 0.4) is 0 Å². The van der Waals surface area contributed by atoms with Gasteiger partial charge in [-0.25, -0.2) is 0 Å². The quantitative estimate of drug-likeness (QED) is 0.719. The van der Waals surface area contributed by atoms with E-state index >= 15 is 0 Å². The Morgan fingerprint density at radius 2 is 2.12 bits per heavy atom. The number of amides is 1. The second kappa shape index (κ2) is 3.76. The first-order valence-electron chi connectivity index (χ1n) is 6.38. The van der Waals surface area contributed by atoms with Crippen LogP contribution >= 0.6 is 0 Å². The van der Waals surface area contributed by atoms with Crippen molar-refractivity contribution in [2.75, 3.05) is 5.32 Å². The molecule has 0 unspecified atom stereocenters. The Balaban J connectivity index is 1.95. The number of carbonyl (C=O) groups is 1. The molecule has 1 heterocycles. The molecule has 1 saturated carbocycles. The van der Waals surface area contributed by atoms with E-state index in [1.807, 2.05) is 24.3 Å². The van der Waals surface area contributed by atoms with Gasteiger partial charge in [-0.3, -0.25) is 4.79 Å². The molecule has 1 aromatic rings. The highest BCUT2D eigenvalue weighted by Gasteiger charge is 2.40. The van der Waals surface area contributed by atoms with Crippen LogP contribution in [0, 0.1) is 5.92 Å². The standard InChI is InChI=1S/C14H18N2O/c1-10-5-4-8-14(9-10)15-12-7-3-2-6-11(12)13(17)16-14/h2-3,6-7,10,15H,4-5,8-9H2,1H3,(H,16,17)/t10-,14-/m0/s1. The number of carbonyl (C=O) groups excluding carboxylic acids is 1. The minimum atomic E-state index is -0.205. The zero-order chi connectivity index (χ0) is 11.9. The maximum Gasteiger partial charge on any atom is 0.255 e. The minimum Gasteiger partial charge on any atom is -0.362 e. The van der Waals surface area contributed by atoms with Gasteiger partial charge >= 0.3 is 0 Å². The van der Waals surface area contributed by atoms with Crippen molar-refractivity contribution >= 4 is 11.6 Å². The molecule has 3 heteroatoms. The molecule has 1 spiro atoms. The molecule has 1 aliphatic carbocycles. The van der Waals surface area contributed by atoms with Crippen molar-refractivity contribution < 1.29 is 4.79 Å². The van der Waals surface area contributed by atoms with Crippen molar-refractivity contribution in [1.29, 1.82) is 0 Å². The van der Waals surface area contributed by atoms with Gasteiger partial charge in [-0.15, -0.1) is 0 Å². The number of fused-ring (bicyclic) bond motifs is 1. The number of hydrogen-bond acceptors (Lipinski definition) is 2. The molecule has 0 radical (unpaired) electrons. The Labute approximate surface area is 102 Å². The van der Waals surface area contributed by atoms with E-state index in [0.717, 1.165) is 24.1 Å². The fourth-order valence-corrected chi connectivity index (χ4v) is 3.14. The highest BCUT2D eigenvalue weighted by Crippen LogP contribution is 2.36. The van der Waals surface area contributed by atoms with Crippen LogP contribution in [0.15, 0.2) is 24.3 Å². The average Bonchev–Trinajstić information content (AvgIpc) is 2.28. The monoisotopic (exact) mass is 230 g/mol. The molecule has 3 rings (SSSR count). The van der Waals surface area contributed by atoms with Crippen LogP contribution in [-0.4, -0.2) is 11.6 Å². The fourth-order valence-electron chi connectivity index (χ4n) is 3.14. The molecule has 0 saturated heterocycles. The third kappa shape index (κ3) is 1.79. The molecule has 1 aliphatic heterocycles. The molecular formula is C14H18N2O. The molecule has 0 aromatic heterocycles. The molecule has 1 amide bonds. The summed E-state index contributed by atoms with van der Waals surface area (Å²) < 4.78 is 0. The first-order valence-corrected chi connectivity index (χ1v) is 6.38. The van der Waals surface area contributed by atoms with Gasteiger partial charge in [-0.2, -0.15) is 0 Å². The van der Waals surface area contributed by atoms with Crippen LogP contribution in [-0.2, 0) is 0 Å². The van der Waals surface area contributed by atoms with E-state index in [-0.39, 0.29) is 11.6 Å². The first kappa shape index (κ1) is 10.6. The smallest absolute Gasteiger partial charge is 0.255 e. The zero-order valence-electron chi connectivity index (χ0n) is 10.1. The second-order valence-electron chi connectivity index (χ2n) is 5.41. The van der Waals surface area contributed by atoms with Crippen molar-refractivity contribution in [3.63, 3.8) is 0 Å². The Morgan fingerprint density at radius 1 is 1.29 bits per heavy atom. The molecule has 90 valence electrons. The molecule has 2 N–H and O–H groups in total. The van der Waals surface area contributed by atoms with Crippen LogP contribution in [0.25, 0.3) is 0 Å². The van der Waals surface area contributed by atoms with Crippen LogP contribution in [0.5, 0.6) is 0 Å². The van der Waals surface area contributed by atoms with E-state index in [1.165, 1.54) is 12.8 Å². The summed E-state index contributed by atoms with van der Waals surface area (Å²) in [5, 5.41) is 6.71. The lowest BCUT2D eigenvalue weighted by Gasteiger charge is -2.45. The van der Waals surface area contributed by atoms with Crippen molar-refractivity contribution in [3.8, 4) is 0 Å². The van der Waals surface area contributed by atoms with Gasteiger partial charge in [0.05, 0.1) is 5.56 Å². The normalized spacial score (nSPS) is 31.6. The molecule has 1 aromatic carbocycles. The lowest BCUT2D eigenvalue weighted by Crippen LogP contribution is -2.59. The van der Waals surface area contributed by atoms with Gasteiger partial charge in [0.2, 0.25) is 0 Å². The fraction of sp³-hybridized carbons (Fsp3) is 0.500. The van der Waals surface area contributed by atoms with E-state index in [4.69, 9.17) is 0 Å². The van der Waals surface area contributed by atoms with Crippen molar-refractivity contribution in [2.45, 2.75) is 38.3 Å². The van der Waals surface area contributed by atoms with Crippen LogP contribution < -0.4 is 10.6 Å². The average molecular weight is 230 g/mol. The van der Waals surface area contributed by atoms with Crippen LogP contribution in [0.4, 0.5) is 5.69 Å². The van der Waals surface area contributed by atoms with Gasteiger partial charge in [0.15, 0.2) is 0 Å². The SMILES string of the molecule is C[C@H]1CCC[C@@]2(C1)NC(=O)c1ccccc1N2. The van der Waals surface area contributed by atoms with E-state index in [2.05, 4.69) is 17.6 Å². The maximum atomic E-state index is 12.1. The van der Waals surface area contributed by atoms with E-state index < -0.39 is 0 Å². The number of hydrogen-bond donors (Lipinski definition) is 2. The largest absolute Gasteiger partial charge is 0.362 e. The lowest BCUT2D eigenvalue weighted by atomic mass is 9.80. The highest BCUT2D eigenvalue weighted by atomic mass is 16.2. The summed E-state index contributed by atoms with van der Waals surface area (Å²) in [4.78, 5) is 12.1. The number of para-hydroxylation sites is 1. The van der Waals surface area contributed by atoms with Gasteiger partial charge in [0, 0.05) is 5.69 Å². The highest BCUT2D eigenvalue weighted by molar-refractivity contribution is 6.02. The summed E-state index contributed by atoms with van der Waals surface area (Å²) in [5.41, 5.74) is 1.53. The summed E-state index contributed by atoms with van der Waals surface area (Å²) in [6.45, 7) is 2.26. The minimum absolute atomic E-state index is 0.0634. The second-order valence-corrected chi connectivity index (χ2v) is 5.41. The van der Waals surface area contributed by atoms with Gasteiger partial charge < -0.3 is 10.6 Å². The van der Waals surface area contributed by atoms with Gasteiger partial charge in [-0.05, 0) is 37.3 Å². The third-order valence-electron chi connectivity index (χ3n) is 3.90. The topological polar surface area (TPSA) is 41.1 Å². The zero-order valence-corrected chi connectivity index (χ0v) is 10.1. The Morgan fingerprint density at radius 3 is 2.94 bits per heavy atom. The lowest BCUT2D eigenvalue weighted by molar-refractivity contribution is 0.0858. The van der Waals surface area contributed by atoms with Gasteiger partial charge in [0.25, 0.3) is 5.91 Å². The van der Waals surface area contributed by atoms with Crippen LogP contribution in [0.1, 0.15) is 43.0 Å². The Hall–Kier alpha value is -1.51. The number of nitrogens with one attached hydrogen (secondary N) is 2. The predicted molar refractivity (Wildman–Crippen MR) is 67.9 cm³/mol. The molecule has 2 aliphatic rings. The summed E-state index contributed by atoms with van der Waals surface area (Å²) in [6, 6.07) is 7.75. The molecule has 0 bridgehead atoms. The molecule has 2 atom stereocenters. The molecule has 3 nitrogen and oxygen atoms in total. The molecule has 17 heavy (non-hydrogen) atoms.